The molecule has 10 heteroatoms. The number of hydrogen-bond donors (Lipinski definition) is 0. The summed E-state index contributed by atoms with van der Waals surface area (Å²) >= 11 is 1.42. The largest absolute Gasteiger partial charge is 0.497 e. The number of nitrogens with zero attached hydrogens (tertiary/aromatic N) is 4. The lowest BCUT2D eigenvalue weighted by molar-refractivity contribution is -0.424. The molecular formula is C26H30N4O5S. The van der Waals surface area contributed by atoms with Gasteiger partial charge in [0.15, 0.2) is 0 Å². The molecule has 1 aromatic heterocycles. The van der Waals surface area contributed by atoms with Crippen molar-refractivity contribution in [2.24, 2.45) is 5.92 Å². The topological polar surface area (TPSA) is 96.2 Å². The molecule has 3 aliphatic rings. The Morgan fingerprint density at radius 1 is 1.11 bits per heavy atom. The van der Waals surface area contributed by atoms with Gasteiger partial charge < -0.3 is 19.4 Å². The molecule has 0 radical (unpaired) electrons. The molecule has 3 heterocycles. The molecule has 2 atom stereocenters. The first-order chi connectivity index (χ1) is 17.5. The smallest absolute Gasteiger partial charge is 0.352 e. The van der Waals surface area contributed by atoms with Crippen LogP contribution in [0, 0.1) is 16.0 Å². The number of benzene rings is 1. The molecule has 2 fully saturated rings. The molecule has 0 bridgehead atoms. The van der Waals surface area contributed by atoms with Gasteiger partial charge in [-0.25, -0.2) is 0 Å². The normalized spacial score (nSPS) is 22.5. The molecule has 9 nitrogen and oxygen atoms in total. The Morgan fingerprint density at radius 3 is 2.47 bits per heavy atom. The highest BCUT2D eigenvalue weighted by Crippen LogP contribution is 2.42. The van der Waals surface area contributed by atoms with E-state index in [9.17, 15) is 19.7 Å². The lowest BCUT2D eigenvalue weighted by Crippen LogP contribution is -2.57. The van der Waals surface area contributed by atoms with E-state index in [1.54, 1.807) is 16.9 Å². The third-order valence-electron chi connectivity index (χ3n) is 7.52. The van der Waals surface area contributed by atoms with Crippen molar-refractivity contribution in [1.29, 1.82) is 0 Å². The summed E-state index contributed by atoms with van der Waals surface area (Å²) in [4.78, 5) is 44.4. The van der Waals surface area contributed by atoms with E-state index < -0.39 is 10.8 Å². The number of carbonyl (C=O) groups excluding carboxylic acids is 2. The molecule has 5 rings (SSSR count). The highest BCUT2D eigenvalue weighted by molar-refractivity contribution is 7.12. The molecule has 2 aromatic rings. The number of ether oxygens (including phenoxy) is 1. The standard InChI is InChI=1S/C26H30N4O5S/c1-35-19-10-8-18(9-11-19)17-29-21-6-3-2-5-20(21)23(24(26(29)32)30(33)34)27-12-14-28(15-13-27)25(31)22-7-4-16-36-22/h4,7-11,16,20-21H,2-3,5-6,12-15,17H2,1H3. The highest BCUT2D eigenvalue weighted by atomic mass is 32.1. The molecule has 2 aliphatic heterocycles. The monoisotopic (exact) mass is 510 g/mol. The van der Waals surface area contributed by atoms with Gasteiger partial charge in [0.2, 0.25) is 0 Å². The van der Waals surface area contributed by atoms with Crippen LogP contribution in [0.3, 0.4) is 0 Å². The third kappa shape index (κ3) is 4.57. The molecule has 1 saturated heterocycles. The predicted octanol–water partition coefficient (Wildman–Crippen LogP) is 3.60. The summed E-state index contributed by atoms with van der Waals surface area (Å²) in [6.45, 7) is 2.26. The highest BCUT2D eigenvalue weighted by Gasteiger charge is 2.50. The number of fused-ring (bicyclic) bond motifs is 1. The Bertz CT molecular complexity index is 1160. The molecule has 2 unspecified atom stereocenters. The van der Waals surface area contributed by atoms with Crippen molar-refractivity contribution in [3.05, 3.63) is 73.7 Å². The number of hydrogen-bond acceptors (Lipinski definition) is 7. The minimum Gasteiger partial charge on any atom is -0.497 e. The number of methoxy groups -OCH3 is 1. The Morgan fingerprint density at radius 2 is 1.83 bits per heavy atom. The van der Waals surface area contributed by atoms with Crippen LogP contribution in [0.4, 0.5) is 0 Å². The molecule has 1 aliphatic carbocycles. The van der Waals surface area contributed by atoms with E-state index >= 15 is 0 Å². The Kier molecular flexibility index (Phi) is 6.95. The van der Waals surface area contributed by atoms with E-state index in [2.05, 4.69) is 0 Å². The quantitative estimate of drug-likeness (QED) is 0.435. The van der Waals surface area contributed by atoms with Crippen molar-refractivity contribution in [3.63, 3.8) is 0 Å². The summed E-state index contributed by atoms with van der Waals surface area (Å²) in [7, 11) is 1.60. The van der Waals surface area contributed by atoms with Crippen LogP contribution in [0.25, 0.3) is 0 Å². The number of amides is 2. The van der Waals surface area contributed by atoms with E-state index in [4.69, 9.17) is 4.74 Å². The number of carbonyl (C=O) groups is 2. The Labute approximate surface area is 214 Å². The first-order valence-electron chi connectivity index (χ1n) is 12.4. The van der Waals surface area contributed by atoms with Gasteiger partial charge in [0.25, 0.3) is 5.91 Å². The molecule has 0 N–H and O–H groups in total. The van der Waals surface area contributed by atoms with Crippen LogP contribution in [0.15, 0.2) is 53.2 Å². The Hall–Kier alpha value is -3.40. The molecular weight excluding hydrogens is 480 g/mol. The number of piperazine rings is 1. The molecule has 2 amide bonds. The second-order valence-corrected chi connectivity index (χ2v) is 10.4. The summed E-state index contributed by atoms with van der Waals surface area (Å²) in [6, 6.07) is 11.1. The van der Waals surface area contributed by atoms with Crippen molar-refractivity contribution in [1.82, 2.24) is 14.7 Å². The van der Waals surface area contributed by atoms with Crippen LogP contribution in [0.5, 0.6) is 5.75 Å². The fourth-order valence-electron chi connectivity index (χ4n) is 5.75. The molecule has 1 aromatic carbocycles. The van der Waals surface area contributed by atoms with Gasteiger partial charge >= 0.3 is 11.6 Å². The van der Waals surface area contributed by atoms with Gasteiger partial charge in [-0.2, -0.15) is 0 Å². The molecule has 36 heavy (non-hydrogen) atoms. The zero-order valence-corrected chi connectivity index (χ0v) is 21.1. The zero-order chi connectivity index (χ0) is 25.2. The van der Waals surface area contributed by atoms with Crippen molar-refractivity contribution in [3.8, 4) is 5.75 Å². The van der Waals surface area contributed by atoms with Crippen LogP contribution in [-0.2, 0) is 11.3 Å². The van der Waals surface area contributed by atoms with Crippen LogP contribution in [0.1, 0.15) is 40.9 Å². The minimum atomic E-state index is -0.508. The predicted molar refractivity (Wildman–Crippen MR) is 135 cm³/mol. The Balaban J connectivity index is 1.41. The van der Waals surface area contributed by atoms with Gasteiger partial charge in [0.05, 0.1) is 16.9 Å². The van der Waals surface area contributed by atoms with E-state index in [0.29, 0.717) is 43.3 Å². The maximum absolute atomic E-state index is 13.6. The maximum atomic E-state index is 13.6. The summed E-state index contributed by atoms with van der Waals surface area (Å²) in [5.41, 5.74) is 1.19. The summed E-state index contributed by atoms with van der Waals surface area (Å²) < 4.78 is 5.23. The van der Waals surface area contributed by atoms with Crippen LogP contribution >= 0.6 is 11.3 Å². The fraction of sp³-hybridized carbons (Fsp3) is 0.462. The number of thiophene rings is 1. The second kappa shape index (κ2) is 10.3. The van der Waals surface area contributed by atoms with Gasteiger partial charge in [0.1, 0.15) is 11.4 Å². The summed E-state index contributed by atoms with van der Waals surface area (Å²) in [5, 5.41) is 14.2. The maximum Gasteiger partial charge on any atom is 0.352 e. The van der Waals surface area contributed by atoms with Gasteiger partial charge in [0, 0.05) is 44.7 Å². The van der Waals surface area contributed by atoms with E-state index in [-0.39, 0.29) is 23.6 Å². The van der Waals surface area contributed by atoms with Gasteiger partial charge in [-0.15, -0.1) is 11.3 Å². The second-order valence-electron chi connectivity index (χ2n) is 9.49. The van der Waals surface area contributed by atoms with Crippen molar-refractivity contribution >= 4 is 23.2 Å². The van der Waals surface area contributed by atoms with Crippen molar-refractivity contribution in [2.45, 2.75) is 38.3 Å². The van der Waals surface area contributed by atoms with Crippen LogP contribution in [-0.4, -0.2) is 70.8 Å². The lowest BCUT2D eigenvalue weighted by Gasteiger charge is -2.47. The van der Waals surface area contributed by atoms with Gasteiger partial charge in [-0.1, -0.05) is 31.0 Å². The van der Waals surface area contributed by atoms with Gasteiger partial charge in [-0.3, -0.25) is 19.7 Å². The van der Waals surface area contributed by atoms with Crippen LogP contribution in [0.2, 0.25) is 0 Å². The molecule has 0 spiro atoms. The van der Waals surface area contributed by atoms with Crippen molar-refractivity contribution < 1.29 is 19.2 Å². The average molecular weight is 511 g/mol. The number of nitro groups is 1. The summed E-state index contributed by atoms with van der Waals surface area (Å²) in [5.74, 6) is 0.138. The first kappa shape index (κ1) is 24.3. The SMILES string of the molecule is COc1ccc(CN2C(=O)C([N+](=O)[O-])=C(N3CCN(C(=O)c4cccs4)CC3)C3CCCCC32)cc1. The van der Waals surface area contributed by atoms with Crippen molar-refractivity contribution in [2.75, 3.05) is 33.3 Å². The van der Waals surface area contributed by atoms with E-state index in [1.165, 1.54) is 11.3 Å². The summed E-state index contributed by atoms with van der Waals surface area (Å²) in [6.07, 6.45) is 3.63. The van der Waals surface area contributed by atoms with Crippen LogP contribution < -0.4 is 4.74 Å². The first-order valence-corrected chi connectivity index (χ1v) is 13.3. The third-order valence-corrected chi connectivity index (χ3v) is 8.38. The minimum absolute atomic E-state index is 0.00550. The van der Waals surface area contributed by atoms with Gasteiger partial charge in [-0.05, 0) is 42.0 Å². The number of rotatable bonds is 6. The molecule has 190 valence electrons. The molecule has 1 saturated carbocycles. The lowest BCUT2D eigenvalue weighted by atomic mass is 9.77. The zero-order valence-electron chi connectivity index (χ0n) is 20.3. The van der Waals surface area contributed by atoms with E-state index in [1.807, 2.05) is 46.7 Å². The fourth-order valence-corrected chi connectivity index (χ4v) is 6.45. The average Bonchev–Trinajstić information content (AvgIpc) is 3.45. The van der Waals surface area contributed by atoms with E-state index in [0.717, 1.165) is 37.0 Å².